The first kappa shape index (κ1) is 27.8. The van der Waals surface area contributed by atoms with Crippen LogP contribution in [-0.2, 0) is 14.2 Å². The summed E-state index contributed by atoms with van der Waals surface area (Å²) in [5.41, 5.74) is 5.83. The molecule has 1 aliphatic rings. The third-order valence-corrected chi connectivity index (χ3v) is 9.88. The maximum atomic E-state index is 12.4. The summed E-state index contributed by atoms with van der Waals surface area (Å²) < 4.78 is 11.9. The summed E-state index contributed by atoms with van der Waals surface area (Å²) in [6, 6.07) is -0.536. The fourth-order valence-electron chi connectivity index (χ4n) is 3.29. The van der Waals surface area contributed by atoms with Gasteiger partial charge < -0.3 is 5.48 Å². The Kier molecular flexibility index (Phi) is 13.0. The molecule has 0 aromatic carbocycles. The normalized spacial score (nSPS) is 21.0. The number of nitrogens with two attached hydrogens (primary N) is 1. The van der Waals surface area contributed by atoms with E-state index in [1.807, 2.05) is 13.8 Å². The standard InChI is InChI=1S/C18H36AsN2O5P.H2O/c1-12(2)16(20)17(23)19-13(3)18(24)21-9-15(22)11-27(25,26)10-14-7-5-4-6-8-14;/h12-16,19,22H,4-11,20H2,1-3H3,(H,21,24)(H,25,26);1H2/t13-,15-,16-;/m0./s1. The minimum atomic E-state index is -3.41. The van der Waals surface area contributed by atoms with Crippen molar-refractivity contribution in [3.63, 3.8) is 0 Å². The molecular formula is C18H38AsN2O6P. The van der Waals surface area contributed by atoms with E-state index in [4.69, 9.17) is 5.73 Å². The maximum Gasteiger partial charge on any atom is -0.412 e. The average molecular weight is 484 g/mol. The predicted molar refractivity (Wildman–Crippen MR) is 113 cm³/mol. The van der Waals surface area contributed by atoms with Gasteiger partial charge in [0.05, 0.1) is 0 Å². The second kappa shape index (κ2) is 13.1. The summed E-state index contributed by atoms with van der Waals surface area (Å²) in [5, 5.41) is 12.7. The van der Waals surface area contributed by atoms with Crippen molar-refractivity contribution in [3.05, 3.63) is 0 Å². The molecule has 10 heteroatoms. The van der Waals surface area contributed by atoms with Crippen LogP contribution < -0.4 is 11.1 Å². The molecular weight excluding hydrogens is 446 g/mol. The molecule has 0 aliphatic heterocycles. The van der Waals surface area contributed by atoms with Gasteiger partial charge in [-0.1, -0.05) is 0 Å². The summed E-state index contributed by atoms with van der Waals surface area (Å²) >= 11 is -1.20. The summed E-state index contributed by atoms with van der Waals surface area (Å²) in [6.07, 6.45) is 4.33. The van der Waals surface area contributed by atoms with Gasteiger partial charge in [-0.15, -0.1) is 0 Å². The first-order valence-electron chi connectivity index (χ1n) is 9.84. The van der Waals surface area contributed by atoms with Crippen molar-refractivity contribution >= 4 is 33.6 Å². The van der Waals surface area contributed by atoms with Crippen LogP contribution in [0.5, 0.6) is 0 Å². The molecule has 1 fully saturated rings. The first-order chi connectivity index (χ1) is 12.5. The first-order valence-corrected chi connectivity index (χ1v) is 14.1. The smallest absolute Gasteiger partial charge is 0.412 e. The zero-order chi connectivity index (χ0) is 20.6. The van der Waals surface area contributed by atoms with Gasteiger partial charge in [-0.3, -0.25) is 0 Å². The monoisotopic (exact) mass is 484 g/mol. The van der Waals surface area contributed by atoms with E-state index < -0.39 is 40.0 Å². The van der Waals surface area contributed by atoms with Crippen LogP contribution >= 0.6 is 7.37 Å². The van der Waals surface area contributed by atoms with E-state index in [0.29, 0.717) is 0 Å². The predicted octanol–water partition coefficient (Wildman–Crippen LogP) is 0.244. The molecule has 0 aromatic heterocycles. The fraction of sp³-hybridized carbons (Fsp3) is 0.889. The van der Waals surface area contributed by atoms with Crippen molar-refractivity contribution in [3.8, 4) is 0 Å². The molecule has 7 N–H and O–H groups in total. The molecule has 0 radical (unpaired) electrons. The molecule has 1 aliphatic carbocycles. The summed E-state index contributed by atoms with van der Waals surface area (Å²) in [5.74, 6) is -0.00224. The number of nitrogens with one attached hydrogen (secondary N) is 1. The SMILES string of the molecule is CC(C)[C@H](N)C(=O)[AsH][C@@H](C)C(=O)NC[C@H](O)CP(=O)(O)CC1CCCCC1.O. The third kappa shape index (κ3) is 10.5. The average Bonchev–Trinajstić information content (AvgIpc) is 2.58. The number of aliphatic hydroxyl groups excluding tert-OH is 1. The zero-order valence-corrected chi connectivity index (χ0v) is 20.2. The molecule has 0 saturated heterocycles. The molecule has 1 saturated carbocycles. The van der Waals surface area contributed by atoms with Crippen molar-refractivity contribution < 1.29 is 29.6 Å². The van der Waals surface area contributed by atoms with E-state index in [0.717, 1.165) is 25.7 Å². The van der Waals surface area contributed by atoms with Crippen LogP contribution in [-0.4, -0.2) is 72.7 Å². The van der Waals surface area contributed by atoms with Gasteiger partial charge in [0.15, 0.2) is 0 Å². The zero-order valence-electron chi connectivity index (χ0n) is 17.2. The van der Waals surface area contributed by atoms with E-state index >= 15 is 0 Å². The molecule has 0 bridgehead atoms. The molecule has 0 aromatic rings. The number of aliphatic hydroxyl groups is 1. The topological polar surface area (TPSA) is 161 Å². The third-order valence-electron chi connectivity index (χ3n) is 5.05. The molecule has 1 rings (SSSR count). The quantitative estimate of drug-likeness (QED) is 0.243. The van der Waals surface area contributed by atoms with E-state index in [1.165, 1.54) is 6.42 Å². The van der Waals surface area contributed by atoms with Crippen LogP contribution in [0.25, 0.3) is 0 Å². The van der Waals surface area contributed by atoms with E-state index in [-0.39, 0.29) is 46.7 Å². The summed E-state index contributed by atoms with van der Waals surface area (Å²) in [4.78, 5) is 34.4. The number of carbonyl (C=O) groups is 2. The number of carbonyl (C=O) groups excluding carboxylic acids is 2. The van der Waals surface area contributed by atoms with Gasteiger partial charge in [0, 0.05) is 0 Å². The van der Waals surface area contributed by atoms with Crippen molar-refractivity contribution in [1.29, 1.82) is 0 Å². The van der Waals surface area contributed by atoms with Crippen molar-refractivity contribution in [1.82, 2.24) is 5.32 Å². The van der Waals surface area contributed by atoms with Crippen molar-refractivity contribution in [2.24, 2.45) is 17.6 Å². The van der Waals surface area contributed by atoms with Crippen molar-refractivity contribution in [2.75, 3.05) is 18.9 Å². The Labute approximate surface area is 174 Å². The Morgan fingerprint density at radius 1 is 1.21 bits per heavy atom. The van der Waals surface area contributed by atoms with Crippen LogP contribution in [0.3, 0.4) is 0 Å². The maximum absolute atomic E-state index is 12.4. The van der Waals surface area contributed by atoms with Crippen molar-refractivity contribution in [2.45, 2.75) is 69.7 Å². The van der Waals surface area contributed by atoms with Crippen LogP contribution in [0.1, 0.15) is 52.9 Å². The van der Waals surface area contributed by atoms with Gasteiger partial charge in [-0.2, -0.15) is 0 Å². The Morgan fingerprint density at radius 3 is 2.32 bits per heavy atom. The Hall–Kier alpha value is -0.232. The number of hydrogen-bond donors (Lipinski definition) is 4. The fourth-order valence-corrected chi connectivity index (χ4v) is 7.89. The molecule has 2 unspecified atom stereocenters. The molecule has 0 spiro atoms. The van der Waals surface area contributed by atoms with Gasteiger partial charge in [0.2, 0.25) is 0 Å². The second-order valence-electron chi connectivity index (χ2n) is 8.11. The summed E-state index contributed by atoms with van der Waals surface area (Å²) in [7, 11) is -3.41. The van der Waals surface area contributed by atoms with Crippen LogP contribution in [0, 0.1) is 11.8 Å². The van der Waals surface area contributed by atoms with Gasteiger partial charge >= 0.3 is 169 Å². The van der Waals surface area contributed by atoms with E-state index in [2.05, 4.69) is 5.32 Å². The number of amides is 1. The summed E-state index contributed by atoms with van der Waals surface area (Å²) in [6.45, 7) is 5.36. The van der Waals surface area contributed by atoms with Crippen LogP contribution in [0.15, 0.2) is 0 Å². The van der Waals surface area contributed by atoms with Gasteiger partial charge in [0.25, 0.3) is 0 Å². The number of rotatable bonds is 11. The Balaban J connectivity index is 0.00000729. The minimum absolute atomic E-state index is 0. The van der Waals surface area contributed by atoms with Crippen LogP contribution in [0.2, 0.25) is 4.71 Å². The van der Waals surface area contributed by atoms with Gasteiger partial charge in [-0.05, 0) is 0 Å². The second-order valence-corrected chi connectivity index (χ2v) is 14.0. The van der Waals surface area contributed by atoms with Crippen LogP contribution in [0.4, 0.5) is 0 Å². The Morgan fingerprint density at radius 2 is 1.79 bits per heavy atom. The van der Waals surface area contributed by atoms with E-state index in [1.54, 1.807) is 6.92 Å². The Bertz CT molecular complexity index is 542. The minimum Gasteiger partial charge on any atom is -0.412 e. The molecule has 28 heavy (non-hydrogen) atoms. The van der Waals surface area contributed by atoms with E-state index in [9.17, 15) is 24.2 Å². The molecule has 1 amide bonds. The molecule has 8 nitrogen and oxygen atoms in total. The molecule has 5 atom stereocenters. The van der Waals surface area contributed by atoms with Gasteiger partial charge in [-0.25, -0.2) is 0 Å². The molecule has 0 heterocycles. The largest absolute Gasteiger partial charge is 0.412 e. The molecule has 166 valence electrons. The van der Waals surface area contributed by atoms with Gasteiger partial charge in [0.1, 0.15) is 0 Å². The number of hydrogen-bond acceptors (Lipinski definition) is 5.